The van der Waals surface area contributed by atoms with E-state index in [4.69, 9.17) is 15.2 Å². The summed E-state index contributed by atoms with van der Waals surface area (Å²) < 4.78 is 10.2. The third kappa shape index (κ3) is 2.72. The number of amidine groups is 1. The lowest BCUT2D eigenvalue weighted by atomic mass is 9.94. The quantitative estimate of drug-likeness (QED) is 0.829. The zero-order valence-electron chi connectivity index (χ0n) is 13.9. The minimum absolute atomic E-state index is 0.271. The molecule has 25 heavy (non-hydrogen) atoms. The molecule has 0 unspecified atom stereocenters. The molecular formula is C17H16N4O3S. The number of carbonyl (C=O) groups is 1. The number of aliphatic imine (C=N–C) groups is 1. The number of fused-ring (bicyclic) bond motifs is 1. The Balaban J connectivity index is 2.21. The number of esters is 1. The molecule has 0 aromatic heterocycles. The second-order valence-electron chi connectivity index (χ2n) is 5.36. The van der Waals surface area contributed by atoms with E-state index in [9.17, 15) is 10.1 Å². The van der Waals surface area contributed by atoms with Crippen LogP contribution in [0.3, 0.4) is 0 Å². The van der Waals surface area contributed by atoms with Crippen LogP contribution < -0.4 is 10.5 Å². The molecule has 0 bridgehead atoms. The molecule has 128 valence electrons. The Labute approximate surface area is 149 Å². The highest BCUT2D eigenvalue weighted by atomic mass is 32.2. The first kappa shape index (κ1) is 16.9. The van der Waals surface area contributed by atoms with Crippen molar-refractivity contribution < 1.29 is 14.3 Å². The average molecular weight is 356 g/mol. The summed E-state index contributed by atoms with van der Waals surface area (Å²) in [6, 6.07) is 8.87. The molecule has 3 rings (SSSR count). The standard InChI is InChI=1S/C17H16N4O3S/c1-9-13(16(22)24-3)14(10-5-4-6-11(7-10)23-2)21-15(19)12(8-18)25-17(21)20-9/h4-7,14H,19H2,1-3H3/t14-/m0/s1. The fourth-order valence-electron chi connectivity index (χ4n) is 2.84. The summed E-state index contributed by atoms with van der Waals surface area (Å²) in [7, 11) is 2.89. The number of methoxy groups -OCH3 is 2. The van der Waals surface area contributed by atoms with E-state index in [2.05, 4.69) is 11.1 Å². The molecule has 8 heteroatoms. The number of benzene rings is 1. The van der Waals surface area contributed by atoms with E-state index in [-0.39, 0.29) is 5.82 Å². The molecule has 2 aliphatic rings. The summed E-state index contributed by atoms with van der Waals surface area (Å²) in [5.41, 5.74) is 7.86. The van der Waals surface area contributed by atoms with Crippen molar-refractivity contribution in [2.75, 3.05) is 14.2 Å². The number of ether oxygens (including phenoxy) is 2. The Morgan fingerprint density at radius 2 is 2.20 bits per heavy atom. The minimum Gasteiger partial charge on any atom is -0.497 e. The Morgan fingerprint density at radius 1 is 1.44 bits per heavy atom. The number of nitrogens with zero attached hydrogens (tertiary/aromatic N) is 3. The smallest absolute Gasteiger partial charge is 0.338 e. The molecule has 1 atom stereocenters. The summed E-state index contributed by atoms with van der Waals surface area (Å²) >= 11 is 1.19. The maximum atomic E-state index is 12.4. The van der Waals surface area contributed by atoms with Crippen molar-refractivity contribution in [1.82, 2.24) is 4.90 Å². The highest BCUT2D eigenvalue weighted by Gasteiger charge is 2.42. The van der Waals surface area contributed by atoms with Gasteiger partial charge in [-0.15, -0.1) is 0 Å². The lowest BCUT2D eigenvalue weighted by Crippen LogP contribution is -2.38. The first-order valence-electron chi connectivity index (χ1n) is 7.40. The van der Waals surface area contributed by atoms with Crippen LogP contribution in [0.1, 0.15) is 18.5 Å². The summed E-state index contributed by atoms with van der Waals surface area (Å²) in [6.07, 6.45) is 0. The van der Waals surface area contributed by atoms with Crippen molar-refractivity contribution in [1.29, 1.82) is 5.26 Å². The van der Waals surface area contributed by atoms with Gasteiger partial charge in [0.05, 0.1) is 31.5 Å². The second kappa shape index (κ2) is 6.53. The summed E-state index contributed by atoms with van der Waals surface area (Å²) in [4.78, 5) is 18.9. The van der Waals surface area contributed by atoms with Crippen molar-refractivity contribution in [3.8, 4) is 11.8 Å². The SMILES string of the molecule is COC(=O)C1=C(C)N=C2SC(C#N)=C(N)N2[C@H]1c1cccc(OC)c1. The zero-order valence-corrected chi connectivity index (χ0v) is 14.8. The van der Waals surface area contributed by atoms with Gasteiger partial charge < -0.3 is 15.2 Å². The van der Waals surface area contributed by atoms with Crippen molar-refractivity contribution in [3.63, 3.8) is 0 Å². The number of thioether (sulfide) groups is 1. The Hall–Kier alpha value is -2.92. The maximum Gasteiger partial charge on any atom is 0.338 e. The normalized spacial score (nSPS) is 19.4. The van der Waals surface area contributed by atoms with Gasteiger partial charge in [0.25, 0.3) is 0 Å². The fraction of sp³-hybridized carbons (Fsp3) is 0.235. The predicted molar refractivity (Wildman–Crippen MR) is 94.1 cm³/mol. The van der Waals surface area contributed by atoms with Crippen LogP contribution in [0.25, 0.3) is 0 Å². The zero-order chi connectivity index (χ0) is 18.1. The number of rotatable bonds is 3. The van der Waals surface area contributed by atoms with Crippen LogP contribution in [0.15, 0.2) is 51.3 Å². The van der Waals surface area contributed by atoms with Gasteiger partial charge in [0.1, 0.15) is 22.5 Å². The topological polar surface area (TPSA) is 101 Å². The lowest BCUT2D eigenvalue weighted by molar-refractivity contribution is -0.136. The minimum atomic E-state index is -0.548. The van der Waals surface area contributed by atoms with Crippen LogP contribution in [0, 0.1) is 11.3 Å². The summed E-state index contributed by atoms with van der Waals surface area (Å²) in [6.45, 7) is 1.74. The Bertz CT molecular complexity index is 882. The van der Waals surface area contributed by atoms with E-state index in [1.165, 1.54) is 18.9 Å². The van der Waals surface area contributed by atoms with Gasteiger partial charge in [-0.3, -0.25) is 4.90 Å². The molecule has 0 fully saturated rings. The summed E-state index contributed by atoms with van der Waals surface area (Å²) in [5, 5.41) is 9.86. The molecule has 0 saturated carbocycles. The fourth-order valence-corrected chi connectivity index (χ4v) is 3.75. The molecular weight excluding hydrogens is 340 g/mol. The van der Waals surface area contributed by atoms with Crippen LogP contribution in [0.2, 0.25) is 0 Å². The highest BCUT2D eigenvalue weighted by molar-refractivity contribution is 8.17. The second-order valence-corrected chi connectivity index (χ2v) is 6.34. The first-order valence-corrected chi connectivity index (χ1v) is 8.22. The van der Waals surface area contributed by atoms with E-state index in [0.717, 1.165) is 5.56 Å². The number of nitrogens with two attached hydrogens (primary N) is 1. The number of carbonyl (C=O) groups excluding carboxylic acids is 1. The monoisotopic (exact) mass is 356 g/mol. The van der Waals surface area contributed by atoms with Gasteiger partial charge in [-0.05, 0) is 36.4 Å². The van der Waals surface area contributed by atoms with Crippen molar-refractivity contribution >= 4 is 22.9 Å². The molecule has 1 aromatic carbocycles. The van der Waals surface area contributed by atoms with Crippen LogP contribution >= 0.6 is 11.8 Å². The molecule has 2 N–H and O–H groups in total. The maximum absolute atomic E-state index is 12.4. The largest absolute Gasteiger partial charge is 0.497 e. The molecule has 7 nitrogen and oxygen atoms in total. The van der Waals surface area contributed by atoms with Crippen LogP contribution in [-0.2, 0) is 9.53 Å². The van der Waals surface area contributed by atoms with Crippen LogP contribution in [-0.4, -0.2) is 30.3 Å². The molecule has 1 aromatic rings. The number of allylic oxidation sites excluding steroid dienone is 2. The van der Waals surface area contributed by atoms with E-state index in [0.29, 0.717) is 27.1 Å². The lowest BCUT2D eigenvalue weighted by Gasteiger charge is -2.34. The molecule has 0 spiro atoms. The van der Waals surface area contributed by atoms with E-state index in [1.807, 2.05) is 24.3 Å². The van der Waals surface area contributed by atoms with Gasteiger partial charge in [-0.2, -0.15) is 5.26 Å². The van der Waals surface area contributed by atoms with E-state index < -0.39 is 12.0 Å². The van der Waals surface area contributed by atoms with Crippen LogP contribution in [0.4, 0.5) is 0 Å². The van der Waals surface area contributed by atoms with Gasteiger partial charge in [0.15, 0.2) is 5.17 Å². The third-order valence-electron chi connectivity index (χ3n) is 3.99. The van der Waals surface area contributed by atoms with Crippen LogP contribution in [0.5, 0.6) is 5.75 Å². The van der Waals surface area contributed by atoms with Gasteiger partial charge in [0, 0.05) is 0 Å². The van der Waals surface area contributed by atoms with Gasteiger partial charge in [0.2, 0.25) is 0 Å². The van der Waals surface area contributed by atoms with Crippen molar-refractivity contribution in [3.05, 3.63) is 51.8 Å². The van der Waals surface area contributed by atoms with Crippen molar-refractivity contribution in [2.24, 2.45) is 10.7 Å². The molecule has 2 aliphatic heterocycles. The van der Waals surface area contributed by atoms with Crippen molar-refractivity contribution in [2.45, 2.75) is 13.0 Å². The summed E-state index contributed by atoms with van der Waals surface area (Å²) in [5.74, 6) is 0.433. The predicted octanol–water partition coefficient (Wildman–Crippen LogP) is 2.25. The number of nitriles is 1. The Morgan fingerprint density at radius 3 is 2.84 bits per heavy atom. The van der Waals surface area contributed by atoms with Gasteiger partial charge in [-0.1, -0.05) is 12.1 Å². The van der Waals surface area contributed by atoms with Gasteiger partial charge in [-0.25, -0.2) is 9.79 Å². The van der Waals surface area contributed by atoms with E-state index >= 15 is 0 Å². The molecule has 2 heterocycles. The average Bonchev–Trinajstić information content (AvgIpc) is 2.95. The molecule has 0 aliphatic carbocycles. The van der Waals surface area contributed by atoms with E-state index in [1.54, 1.807) is 18.9 Å². The molecule has 0 amide bonds. The number of hydrogen-bond donors (Lipinski definition) is 1. The Kier molecular flexibility index (Phi) is 4.42. The number of hydrogen-bond acceptors (Lipinski definition) is 8. The molecule has 0 radical (unpaired) electrons. The highest BCUT2D eigenvalue weighted by Crippen LogP contribution is 2.45. The third-order valence-corrected chi connectivity index (χ3v) is 4.97. The molecule has 0 saturated heterocycles. The van der Waals surface area contributed by atoms with Gasteiger partial charge >= 0.3 is 5.97 Å². The first-order chi connectivity index (χ1) is 12.0.